The maximum atomic E-state index is 6.16. The van der Waals surface area contributed by atoms with Crippen molar-refractivity contribution in [3.8, 4) is 11.5 Å². The van der Waals surface area contributed by atoms with Crippen molar-refractivity contribution in [3.63, 3.8) is 0 Å². The number of rotatable bonds is 4. The molecule has 0 heterocycles. The Hall–Kier alpha value is -1.22. The van der Waals surface area contributed by atoms with Gasteiger partial charge < -0.3 is 15.2 Å². The molecule has 0 bridgehead atoms. The predicted molar refractivity (Wildman–Crippen MR) is 82.2 cm³/mol. The molecule has 0 saturated heterocycles. The van der Waals surface area contributed by atoms with Gasteiger partial charge in [0.25, 0.3) is 0 Å². The lowest BCUT2D eigenvalue weighted by molar-refractivity contribution is 0.0977. The van der Waals surface area contributed by atoms with E-state index in [9.17, 15) is 0 Å². The first-order chi connectivity index (χ1) is 9.51. The maximum Gasteiger partial charge on any atom is 0.161 e. The van der Waals surface area contributed by atoms with Crippen molar-refractivity contribution in [1.82, 2.24) is 0 Å². The van der Waals surface area contributed by atoms with E-state index in [1.807, 2.05) is 25.1 Å². The zero-order valence-corrected chi connectivity index (χ0v) is 13.1. The van der Waals surface area contributed by atoms with Crippen molar-refractivity contribution >= 4 is 0 Å². The Kier molecular flexibility index (Phi) is 4.92. The lowest BCUT2D eigenvalue weighted by Gasteiger charge is -2.32. The molecule has 0 amide bonds. The number of ether oxygens (including phenoxy) is 2. The molecule has 0 aliphatic heterocycles. The van der Waals surface area contributed by atoms with E-state index < -0.39 is 0 Å². The molecule has 0 radical (unpaired) electrons. The van der Waals surface area contributed by atoms with Crippen LogP contribution < -0.4 is 15.2 Å². The van der Waals surface area contributed by atoms with Crippen molar-refractivity contribution < 1.29 is 9.47 Å². The molecule has 3 unspecified atom stereocenters. The fraction of sp³-hybridized carbons (Fsp3) is 0.647. The summed E-state index contributed by atoms with van der Waals surface area (Å²) in [6, 6.07) is 6.00. The molecule has 2 N–H and O–H groups in total. The lowest BCUT2D eigenvalue weighted by atomic mass is 9.80. The topological polar surface area (TPSA) is 44.5 Å². The molecule has 1 aromatic carbocycles. The van der Waals surface area contributed by atoms with Crippen molar-refractivity contribution in [3.05, 3.63) is 23.8 Å². The summed E-state index contributed by atoms with van der Waals surface area (Å²) in [5, 5.41) is 0. The zero-order valence-electron chi connectivity index (χ0n) is 13.1. The normalized spacial score (nSPS) is 27.9. The minimum atomic E-state index is 0.00787. The number of nitrogens with two attached hydrogens (primary N) is 1. The summed E-state index contributed by atoms with van der Waals surface area (Å²) in [6.45, 7) is 6.62. The summed E-state index contributed by atoms with van der Waals surface area (Å²) in [4.78, 5) is 0. The van der Waals surface area contributed by atoms with Crippen molar-refractivity contribution in [1.29, 1.82) is 0 Å². The summed E-state index contributed by atoms with van der Waals surface area (Å²) < 4.78 is 11.6. The van der Waals surface area contributed by atoms with Gasteiger partial charge in [-0.1, -0.05) is 19.9 Å². The van der Waals surface area contributed by atoms with Gasteiger partial charge in [-0.05, 0) is 55.7 Å². The largest absolute Gasteiger partial charge is 0.493 e. The highest BCUT2D eigenvalue weighted by Gasteiger charge is 2.26. The van der Waals surface area contributed by atoms with E-state index in [0.29, 0.717) is 6.10 Å². The fourth-order valence-electron chi connectivity index (χ4n) is 2.85. The predicted octanol–water partition coefficient (Wildman–Crippen LogP) is 3.92. The van der Waals surface area contributed by atoms with E-state index in [1.165, 1.54) is 6.42 Å². The zero-order chi connectivity index (χ0) is 14.7. The molecular weight excluding hydrogens is 250 g/mol. The first-order valence-electron chi connectivity index (χ1n) is 7.61. The van der Waals surface area contributed by atoms with Crippen LogP contribution in [0.4, 0.5) is 0 Å². The summed E-state index contributed by atoms with van der Waals surface area (Å²) in [7, 11) is 1.68. The molecular formula is C17H27NO2. The minimum absolute atomic E-state index is 0.00787. The lowest BCUT2D eigenvalue weighted by Crippen LogP contribution is -2.28. The summed E-state index contributed by atoms with van der Waals surface area (Å²) in [6.07, 6.45) is 3.80. The second kappa shape index (κ2) is 6.49. The van der Waals surface area contributed by atoms with Crippen LogP contribution in [0.3, 0.4) is 0 Å². The Bertz CT molecular complexity index is 445. The molecule has 0 aromatic heterocycles. The Morgan fingerprint density at radius 3 is 2.50 bits per heavy atom. The molecule has 3 heteroatoms. The molecule has 20 heavy (non-hydrogen) atoms. The van der Waals surface area contributed by atoms with Gasteiger partial charge in [-0.3, -0.25) is 0 Å². The number of hydrogen-bond acceptors (Lipinski definition) is 3. The van der Waals surface area contributed by atoms with Gasteiger partial charge in [0.05, 0.1) is 13.2 Å². The first-order valence-corrected chi connectivity index (χ1v) is 7.61. The standard InChI is InChI=1S/C17H27NO2/c1-11-5-7-15(9-12(11)2)20-16-8-6-14(13(3)18)10-17(16)19-4/h6,8,10-13,15H,5,7,9,18H2,1-4H3/t11?,12?,13-,15?/m0/s1. The minimum Gasteiger partial charge on any atom is -0.493 e. The molecule has 1 aliphatic carbocycles. The SMILES string of the molecule is COc1cc([C@H](C)N)ccc1OC1CCC(C)C(C)C1. The van der Waals surface area contributed by atoms with Crippen LogP contribution in [0.1, 0.15) is 51.6 Å². The van der Waals surface area contributed by atoms with Crippen molar-refractivity contribution in [2.45, 2.75) is 52.2 Å². The van der Waals surface area contributed by atoms with Crippen LogP contribution >= 0.6 is 0 Å². The van der Waals surface area contributed by atoms with Gasteiger partial charge in [-0.25, -0.2) is 0 Å². The van der Waals surface area contributed by atoms with E-state index in [1.54, 1.807) is 7.11 Å². The van der Waals surface area contributed by atoms with Gasteiger partial charge in [0, 0.05) is 6.04 Å². The van der Waals surface area contributed by atoms with E-state index in [2.05, 4.69) is 13.8 Å². The van der Waals surface area contributed by atoms with Crippen LogP contribution in [-0.2, 0) is 0 Å². The fourth-order valence-corrected chi connectivity index (χ4v) is 2.85. The number of methoxy groups -OCH3 is 1. The molecule has 1 aromatic rings. The van der Waals surface area contributed by atoms with Crippen LogP contribution in [0.5, 0.6) is 11.5 Å². The number of hydrogen-bond donors (Lipinski definition) is 1. The molecule has 112 valence electrons. The van der Waals surface area contributed by atoms with Crippen LogP contribution in [0.2, 0.25) is 0 Å². The second-order valence-corrected chi connectivity index (χ2v) is 6.21. The maximum absolute atomic E-state index is 6.16. The highest BCUT2D eigenvalue weighted by molar-refractivity contribution is 5.43. The molecule has 1 saturated carbocycles. The Balaban J connectivity index is 2.09. The molecule has 1 fully saturated rings. The smallest absolute Gasteiger partial charge is 0.161 e. The third-order valence-corrected chi connectivity index (χ3v) is 4.56. The van der Waals surface area contributed by atoms with E-state index >= 15 is 0 Å². The van der Waals surface area contributed by atoms with Crippen LogP contribution in [0.25, 0.3) is 0 Å². The average molecular weight is 277 g/mol. The monoisotopic (exact) mass is 277 g/mol. The Morgan fingerprint density at radius 2 is 1.90 bits per heavy atom. The van der Waals surface area contributed by atoms with Crippen LogP contribution in [0.15, 0.2) is 18.2 Å². The molecule has 1 aliphatic rings. The van der Waals surface area contributed by atoms with Gasteiger partial charge in [0.2, 0.25) is 0 Å². The average Bonchev–Trinajstić information content (AvgIpc) is 2.43. The van der Waals surface area contributed by atoms with E-state index in [-0.39, 0.29) is 6.04 Å². The third kappa shape index (κ3) is 3.45. The quantitative estimate of drug-likeness (QED) is 0.907. The van der Waals surface area contributed by atoms with Gasteiger partial charge in [-0.2, -0.15) is 0 Å². The molecule has 3 nitrogen and oxygen atoms in total. The van der Waals surface area contributed by atoms with E-state index in [4.69, 9.17) is 15.2 Å². The van der Waals surface area contributed by atoms with Gasteiger partial charge in [0.15, 0.2) is 11.5 Å². The number of benzene rings is 1. The first kappa shape index (κ1) is 15.2. The van der Waals surface area contributed by atoms with Gasteiger partial charge >= 0.3 is 0 Å². The Morgan fingerprint density at radius 1 is 1.15 bits per heavy atom. The molecule has 0 spiro atoms. The highest BCUT2D eigenvalue weighted by atomic mass is 16.5. The molecule has 2 rings (SSSR count). The van der Waals surface area contributed by atoms with E-state index in [0.717, 1.165) is 41.7 Å². The highest BCUT2D eigenvalue weighted by Crippen LogP contribution is 2.35. The summed E-state index contributed by atoms with van der Waals surface area (Å²) >= 11 is 0. The molecule has 4 atom stereocenters. The Labute approximate surface area is 122 Å². The van der Waals surface area contributed by atoms with Crippen molar-refractivity contribution in [2.75, 3.05) is 7.11 Å². The second-order valence-electron chi connectivity index (χ2n) is 6.21. The van der Waals surface area contributed by atoms with Crippen LogP contribution in [-0.4, -0.2) is 13.2 Å². The summed E-state index contributed by atoms with van der Waals surface area (Å²) in [5.41, 5.74) is 6.98. The third-order valence-electron chi connectivity index (χ3n) is 4.56. The summed E-state index contributed by atoms with van der Waals surface area (Å²) in [5.74, 6) is 3.15. The van der Waals surface area contributed by atoms with Crippen LogP contribution in [0, 0.1) is 11.8 Å². The van der Waals surface area contributed by atoms with Gasteiger partial charge in [0.1, 0.15) is 0 Å². The van der Waals surface area contributed by atoms with Crippen molar-refractivity contribution in [2.24, 2.45) is 17.6 Å². The van der Waals surface area contributed by atoms with Gasteiger partial charge in [-0.15, -0.1) is 0 Å².